The van der Waals surface area contributed by atoms with Crippen LogP contribution in [0.2, 0.25) is 0 Å². The molecule has 5 nitrogen and oxygen atoms in total. The van der Waals surface area contributed by atoms with E-state index in [0.717, 1.165) is 0 Å². The molecule has 0 saturated heterocycles. The van der Waals surface area contributed by atoms with Crippen LogP contribution < -0.4 is 9.47 Å². The van der Waals surface area contributed by atoms with Gasteiger partial charge in [-0.1, -0.05) is 12.1 Å². The predicted octanol–water partition coefficient (Wildman–Crippen LogP) is 4.36. The molecule has 0 amide bonds. The van der Waals surface area contributed by atoms with Crippen LogP contribution in [-0.4, -0.2) is 28.8 Å². The van der Waals surface area contributed by atoms with Gasteiger partial charge in [0, 0.05) is 12.2 Å². The smallest absolute Gasteiger partial charge is 0.387 e. The van der Waals surface area contributed by atoms with Crippen LogP contribution in [0.25, 0.3) is 6.08 Å². The summed E-state index contributed by atoms with van der Waals surface area (Å²) in [6, 6.07) is 4.67. The van der Waals surface area contributed by atoms with E-state index < -0.39 is 6.61 Å². The number of rotatable bonds is 8. The zero-order valence-corrected chi connectivity index (χ0v) is 14.3. The SMILES string of the molecule is CCOc1cc(C=CC(=O)c2cnn(C(C)C)c2)ccc1OC(F)F. The van der Waals surface area contributed by atoms with Gasteiger partial charge in [-0.05, 0) is 44.5 Å². The average molecular weight is 350 g/mol. The Bertz CT molecular complexity index is 755. The topological polar surface area (TPSA) is 53.3 Å². The maximum Gasteiger partial charge on any atom is 0.387 e. The van der Waals surface area contributed by atoms with Gasteiger partial charge in [-0.2, -0.15) is 13.9 Å². The number of alkyl halides is 2. The van der Waals surface area contributed by atoms with Gasteiger partial charge in [-0.15, -0.1) is 0 Å². The maximum absolute atomic E-state index is 12.4. The zero-order valence-electron chi connectivity index (χ0n) is 14.3. The fourth-order valence-corrected chi connectivity index (χ4v) is 2.11. The molecule has 1 aromatic carbocycles. The summed E-state index contributed by atoms with van der Waals surface area (Å²) in [6.45, 7) is 3.05. The number of ketones is 1. The largest absolute Gasteiger partial charge is 0.490 e. The second-order valence-corrected chi connectivity index (χ2v) is 5.52. The molecule has 2 rings (SSSR count). The van der Waals surface area contributed by atoms with E-state index in [4.69, 9.17) is 4.74 Å². The summed E-state index contributed by atoms with van der Waals surface area (Å²) in [4.78, 5) is 12.2. The molecule has 0 spiro atoms. The molecule has 7 heteroatoms. The molecule has 0 atom stereocenters. The van der Waals surface area contributed by atoms with Gasteiger partial charge in [0.05, 0.1) is 18.4 Å². The van der Waals surface area contributed by atoms with E-state index in [1.54, 1.807) is 36.0 Å². The molecule has 25 heavy (non-hydrogen) atoms. The molecular formula is C18H20F2N2O3. The van der Waals surface area contributed by atoms with Gasteiger partial charge in [0.15, 0.2) is 17.3 Å². The summed E-state index contributed by atoms with van der Waals surface area (Å²) >= 11 is 0. The minimum absolute atomic E-state index is 0.0430. The van der Waals surface area contributed by atoms with Crippen molar-refractivity contribution in [2.24, 2.45) is 0 Å². The Morgan fingerprint density at radius 2 is 2.08 bits per heavy atom. The molecule has 2 aromatic rings. The van der Waals surface area contributed by atoms with E-state index in [2.05, 4.69) is 9.84 Å². The molecular weight excluding hydrogens is 330 g/mol. The number of carbonyl (C=O) groups excluding carboxylic acids is 1. The van der Waals surface area contributed by atoms with Gasteiger partial charge < -0.3 is 9.47 Å². The maximum atomic E-state index is 12.4. The van der Waals surface area contributed by atoms with Crippen LogP contribution in [0.1, 0.15) is 42.7 Å². The van der Waals surface area contributed by atoms with Gasteiger partial charge in [-0.25, -0.2) is 0 Å². The summed E-state index contributed by atoms with van der Waals surface area (Å²) in [5.74, 6) is -0.0404. The Morgan fingerprint density at radius 3 is 2.68 bits per heavy atom. The third kappa shape index (κ3) is 5.14. The van der Waals surface area contributed by atoms with E-state index in [1.807, 2.05) is 13.8 Å². The Labute approximate surface area is 144 Å². The van der Waals surface area contributed by atoms with Gasteiger partial charge in [0.25, 0.3) is 0 Å². The number of aromatic nitrogens is 2. The van der Waals surface area contributed by atoms with E-state index in [9.17, 15) is 13.6 Å². The third-order valence-corrected chi connectivity index (χ3v) is 3.33. The van der Waals surface area contributed by atoms with E-state index in [0.29, 0.717) is 17.7 Å². The number of carbonyl (C=O) groups is 1. The van der Waals surface area contributed by atoms with Crippen molar-refractivity contribution in [3.63, 3.8) is 0 Å². The predicted molar refractivity (Wildman–Crippen MR) is 90.2 cm³/mol. The highest BCUT2D eigenvalue weighted by Crippen LogP contribution is 2.30. The van der Waals surface area contributed by atoms with Crippen LogP contribution in [0.4, 0.5) is 8.78 Å². The van der Waals surface area contributed by atoms with Crippen LogP contribution in [0.5, 0.6) is 11.5 Å². The molecule has 0 saturated carbocycles. The summed E-state index contributed by atoms with van der Waals surface area (Å²) < 4.78 is 36.2. The molecule has 1 aromatic heterocycles. The Balaban J connectivity index is 2.16. The molecule has 0 bridgehead atoms. The highest BCUT2D eigenvalue weighted by atomic mass is 19.3. The van der Waals surface area contributed by atoms with Crippen LogP contribution >= 0.6 is 0 Å². The minimum atomic E-state index is -2.93. The Kier molecular flexibility index (Phi) is 6.27. The van der Waals surface area contributed by atoms with E-state index in [-0.39, 0.29) is 23.3 Å². The minimum Gasteiger partial charge on any atom is -0.490 e. The monoisotopic (exact) mass is 350 g/mol. The highest BCUT2D eigenvalue weighted by Gasteiger charge is 2.11. The lowest BCUT2D eigenvalue weighted by atomic mass is 10.1. The number of hydrogen-bond donors (Lipinski definition) is 0. The van der Waals surface area contributed by atoms with Crippen molar-refractivity contribution in [2.45, 2.75) is 33.4 Å². The summed E-state index contributed by atoms with van der Waals surface area (Å²) in [5.41, 5.74) is 1.11. The van der Waals surface area contributed by atoms with Crippen molar-refractivity contribution in [2.75, 3.05) is 6.61 Å². The van der Waals surface area contributed by atoms with Gasteiger partial charge in [0.2, 0.25) is 0 Å². The second kappa shape index (κ2) is 8.41. The summed E-state index contributed by atoms with van der Waals surface area (Å²) in [7, 11) is 0. The first-order chi connectivity index (χ1) is 11.9. The standard InChI is InChI=1S/C18H20F2N2O3/c1-4-24-17-9-13(6-8-16(17)25-18(19)20)5-7-15(23)14-10-21-22(11-14)12(2)3/h5-12,18H,4H2,1-3H3. The third-order valence-electron chi connectivity index (χ3n) is 3.33. The number of ether oxygens (including phenoxy) is 2. The van der Waals surface area contributed by atoms with Crippen LogP contribution in [0.15, 0.2) is 36.7 Å². The quantitative estimate of drug-likeness (QED) is 0.524. The van der Waals surface area contributed by atoms with Gasteiger partial charge >= 0.3 is 6.61 Å². The molecule has 0 aliphatic rings. The lowest BCUT2D eigenvalue weighted by molar-refractivity contribution is -0.0514. The molecule has 1 heterocycles. The fourth-order valence-electron chi connectivity index (χ4n) is 2.11. The number of nitrogens with zero attached hydrogens (tertiary/aromatic N) is 2. The number of allylic oxidation sites excluding steroid dienone is 1. The molecule has 0 unspecified atom stereocenters. The van der Waals surface area contributed by atoms with E-state index in [1.165, 1.54) is 18.3 Å². The number of hydrogen-bond acceptors (Lipinski definition) is 4. The molecule has 0 radical (unpaired) electrons. The first-order valence-corrected chi connectivity index (χ1v) is 7.89. The van der Waals surface area contributed by atoms with E-state index >= 15 is 0 Å². The number of halogens is 2. The zero-order chi connectivity index (χ0) is 18.4. The normalized spacial score (nSPS) is 11.5. The molecule has 134 valence electrons. The van der Waals surface area contributed by atoms with Gasteiger partial charge in [-0.3, -0.25) is 9.48 Å². The fraction of sp³-hybridized carbons (Fsp3) is 0.333. The highest BCUT2D eigenvalue weighted by molar-refractivity contribution is 6.06. The Hall–Kier alpha value is -2.70. The Morgan fingerprint density at radius 1 is 1.32 bits per heavy atom. The van der Waals surface area contributed by atoms with Crippen molar-refractivity contribution in [1.82, 2.24) is 9.78 Å². The average Bonchev–Trinajstić information content (AvgIpc) is 3.05. The summed E-state index contributed by atoms with van der Waals surface area (Å²) in [5, 5.41) is 4.12. The van der Waals surface area contributed by atoms with Crippen LogP contribution in [-0.2, 0) is 0 Å². The van der Waals surface area contributed by atoms with Crippen molar-refractivity contribution in [1.29, 1.82) is 0 Å². The lowest BCUT2D eigenvalue weighted by Gasteiger charge is -2.11. The van der Waals surface area contributed by atoms with Crippen molar-refractivity contribution in [3.8, 4) is 11.5 Å². The van der Waals surface area contributed by atoms with Crippen molar-refractivity contribution in [3.05, 3.63) is 47.8 Å². The first-order valence-electron chi connectivity index (χ1n) is 7.89. The van der Waals surface area contributed by atoms with Crippen LogP contribution in [0.3, 0.4) is 0 Å². The first kappa shape index (κ1) is 18.6. The van der Waals surface area contributed by atoms with Crippen molar-refractivity contribution >= 4 is 11.9 Å². The molecule has 0 fully saturated rings. The van der Waals surface area contributed by atoms with Crippen LogP contribution in [0, 0.1) is 0 Å². The molecule has 0 N–H and O–H groups in total. The number of benzene rings is 1. The second-order valence-electron chi connectivity index (χ2n) is 5.52. The van der Waals surface area contributed by atoms with Gasteiger partial charge in [0.1, 0.15) is 0 Å². The molecule has 0 aliphatic heterocycles. The van der Waals surface area contributed by atoms with Crippen molar-refractivity contribution < 1.29 is 23.0 Å². The molecule has 0 aliphatic carbocycles. The lowest BCUT2D eigenvalue weighted by Crippen LogP contribution is -2.04. The summed E-state index contributed by atoms with van der Waals surface area (Å²) in [6.07, 6.45) is 6.19.